The van der Waals surface area contributed by atoms with Gasteiger partial charge in [0.1, 0.15) is 23.3 Å². The van der Waals surface area contributed by atoms with Gasteiger partial charge in [0.2, 0.25) is 0 Å². The van der Waals surface area contributed by atoms with Gasteiger partial charge in [-0.15, -0.1) is 0 Å². The van der Waals surface area contributed by atoms with Crippen molar-refractivity contribution in [2.45, 2.75) is 13.0 Å². The summed E-state index contributed by atoms with van der Waals surface area (Å²) in [5.41, 5.74) is 1.01. The van der Waals surface area contributed by atoms with E-state index >= 15 is 0 Å². The number of rotatable bonds is 4. The normalized spacial score (nSPS) is 17.8. The first-order valence-corrected chi connectivity index (χ1v) is 10.5. The van der Waals surface area contributed by atoms with Crippen LogP contribution in [0.1, 0.15) is 22.9 Å². The molecule has 32 heavy (non-hydrogen) atoms. The summed E-state index contributed by atoms with van der Waals surface area (Å²) in [6, 6.07) is 9.98. The van der Waals surface area contributed by atoms with Gasteiger partial charge in [-0.25, -0.2) is 0 Å². The number of aliphatic hydroxyl groups is 1. The first-order chi connectivity index (χ1) is 15.2. The van der Waals surface area contributed by atoms with E-state index < -0.39 is 23.5 Å². The number of benzene rings is 2. The number of hydrogen-bond acceptors (Lipinski definition) is 5. The Kier molecular flexibility index (Phi) is 5.95. The Morgan fingerprint density at radius 1 is 1.09 bits per heavy atom. The van der Waals surface area contributed by atoms with Gasteiger partial charge in [-0.2, -0.15) is 0 Å². The van der Waals surface area contributed by atoms with Crippen molar-refractivity contribution in [1.29, 1.82) is 0 Å². The number of Topliss-reactive ketones (excluding diaryl/α,β-unsaturated/α-hetero) is 1. The maximum Gasteiger partial charge on any atom is 0.300 e. The molecule has 0 radical (unpaired) electrons. The number of aryl methyl sites for hydroxylation is 1. The Hall–Kier alpha value is -2.93. The van der Waals surface area contributed by atoms with Crippen molar-refractivity contribution in [3.8, 4) is 5.75 Å². The second-order valence-electron chi connectivity index (χ2n) is 7.08. The molecule has 0 saturated carbocycles. The van der Waals surface area contributed by atoms with Crippen molar-refractivity contribution in [2.75, 3.05) is 12.0 Å². The number of anilines is 1. The van der Waals surface area contributed by atoms with E-state index in [0.717, 1.165) is 0 Å². The Morgan fingerprint density at radius 2 is 1.84 bits per heavy atom. The highest BCUT2D eigenvalue weighted by molar-refractivity contribution is 6.52. The Morgan fingerprint density at radius 3 is 2.47 bits per heavy atom. The Labute approximate surface area is 198 Å². The zero-order valence-corrected chi connectivity index (χ0v) is 19.1. The zero-order chi connectivity index (χ0) is 23.2. The highest BCUT2D eigenvalue weighted by Gasteiger charge is 2.49. The number of nitrogens with zero attached hydrogens (tertiary/aromatic N) is 1. The lowest BCUT2D eigenvalue weighted by Gasteiger charge is -2.25. The molecule has 1 saturated heterocycles. The SMILES string of the molecule is COc1c(Cl)cc(Cl)cc1/C(O)=C1/C(=O)C(=O)N(c2ccc(Cl)cc2C)C1c1ccco1. The molecule has 0 aliphatic carbocycles. The van der Waals surface area contributed by atoms with E-state index in [-0.39, 0.29) is 32.7 Å². The summed E-state index contributed by atoms with van der Waals surface area (Å²) in [6.07, 6.45) is 1.42. The van der Waals surface area contributed by atoms with Crippen molar-refractivity contribution in [3.63, 3.8) is 0 Å². The van der Waals surface area contributed by atoms with E-state index in [2.05, 4.69) is 0 Å². The maximum absolute atomic E-state index is 13.2. The minimum absolute atomic E-state index is 0.0763. The molecule has 164 valence electrons. The van der Waals surface area contributed by atoms with Crippen molar-refractivity contribution in [3.05, 3.63) is 86.3 Å². The molecule has 0 spiro atoms. The van der Waals surface area contributed by atoms with E-state index in [1.54, 1.807) is 37.3 Å². The van der Waals surface area contributed by atoms with Crippen molar-refractivity contribution >= 4 is 57.9 Å². The third-order valence-electron chi connectivity index (χ3n) is 5.14. The molecule has 2 heterocycles. The molecule has 2 aromatic carbocycles. The van der Waals surface area contributed by atoms with Gasteiger partial charge in [-0.3, -0.25) is 14.5 Å². The Balaban J connectivity index is 2.00. The van der Waals surface area contributed by atoms with Crippen LogP contribution in [0, 0.1) is 6.92 Å². The van der Waals surface area contributed by atoms with Crippen LogP contribution in [-0.2, 0) is 9.59 Å². The molecule has 1 N–H and O–H groups in total. The average molecular weight is 493 g/mol. The lowest BCUT2D eigenvalue weighted by atomic mass is 9.98. The van der Waals surface area contributed by atoms with E-state index in [1.165, 1.54) is 30.4 Å². The number of amides is 1. The molecule has 1 aliphatic rings. The molecule has 1 amide bonds. The van der Waals surface area contributed by atoms with Gasteiger partial charge in [0, 0.05) is 15.7 Å². The van der Waals surface area contributed by atoms with Gasteiger partial charge in [0.15, 0.2) is 0 Å². The number of hydrogen-bond donors (Lipinski definition) is 1. The fourth-order valence-electron chi connectivity index (χ4n) is 3.77. The summed E-state index contributed by atoms with van der Waals surface area (Å²) in [4.78, 5) is 27.6. The predicted molar refractivity (Wildman–Crippen MR) is 123 cm³/mol. The van der Waals surface area contributed by atoms with Crippen molar-refractivity contribution in [2.24, 2.45) is 0 Å². The largest absolute Gasteiger partial charge is 0.507 e. The number of methoxy groups -OCH3 is 1. The Bertz CT molecular complexity index is 1270. The van der Waals surface area contributed by atoms with Crippen LogP contribution in [-0.4, -0.2) is 23.9 Å². The van der Waals surface area contributed by atoms with Crippen molar-refractivity contribution in [1.82, 2.24) is 0 Å². The molecule has 1 aromatic heterocycles. The lowest BCUT2D eigenvalue weighted by molar-refractivity contribution is -0.132. The molecule has 1 fully saturated rings. The number of ketones is 1. The smallest absolute Gasteiger partial charge is 0.300 e. The number of carbonyl (C=O) groups is 2. The van der Waals surface area contributed by atoms with Gasteiger partial charge in [-0.1, -0.05) is 34.8 Å². The van der Waals surface area contributed by atoms with Crippen LogP contribution >= 0.6 is 34.8 Å². The van der Waals surface area contributed by atoms with Crippen LogP contribution in [0.5, 0.6) is 5.75 Å². The van der Waals surface area contributed by atoms with E-state index in [4.69, 9.17) is 44.0 Å². The molecular formula is C23H16Cl3NO5. The fourth-order valence-corrected chi connectivity index (χ4v) is 4.57. The average Bonchev–Trinajstić information content (AvgIpc) is 3.35. The first-order valence-electron chi connectivity index (χ1n) is 9.38. The summed E-state index contributed by atoms with van der Waals surface area (Å²) in [5, 5.41) is 12.1. The monoisotopic (exact) mass is 491 g/mol. The lowest BCUT2D eigenvalue weighted by Crippen LogP contribution is -2.29. The number of furan rings is 1. The highest BCUT2D eigenvalue weighted by Crippen LogP contribution is 2.45. The van der Waals surface area contributed by atoms with Crippen LogP contribution in [0.15, 0.2) is 58.7 Å². The fraction of sp³-hybridized carbons (Fsp3) is 0.130. The van der Waals surface area contributed by atoms with Crippen LogP contribution < -0.4 is 9.64 Å². The summed E-state index contributed by atoms with van der Waals surface area (Å²) < 4.78 is 10.9. The standard InChI is InChI=1S/C23H16Cl3NO5/c1-11-8-12(24)5-6-16(11)27-19(17-4-3-7-32-17)18(21(29)23(27)30)20(28)14-9-13(25)10-15(26)22(14)31-2/h3-10,19,28H,1-2H3/b20-18-. The predicted octanol–water partition coefficient (Wildman–Crippen LogP) is 6.18. The third-order valence-corrected chi connectivity index (χ3v) is 5.88. The maximum atomic E-state index is 13.2. The quantitative estimate of drug-likeness (QED) is 0.267. The van der Waals surface area contributed by atoms with E-state index in [9.17, 15) is 14.7 Å². The first kappa shape index (κ1) is 22.3. The molecule has 9 heteroatoms. The third kappa shape index (κ3) is 3.64. The highest BCUT2D eigenvalue weighted by atomic mass is 35.5. The minimum atomic E-state index is -1.03. The molecule has 1 aliphatic heterocycles. The van der Waals surface area contributed by atoms with Crippen molar-refractivity contribution < 1.29 is 23.8 Å². The molecule has 4 rings (SSSR count). The molecule has 6 nitrogen and oxygen atoms in total. The van der Waals surface area contributed by atoms with Gasteiger partial charge in [-0.05, 0) is 55.0 Å². The van der Waals surface area contributed by atoms with Crippen LogP contribution in [0.25, 0.3) is 5.76 Å². The molecule has 3 aromatic rings. The minimum Gasteiger partial charge on any atom is -0.507 e. The zero-order valence-electron chi connectivity index (χ0n) is 16.9. The number of halogens is 3. The second-order valence-corrected chi connectivity index (χ2v) is 8.36. The van der Waals surface area contributed by atoms with Gasteiger partial charge < -0.3 is 14.3 Å². The van der Waals surface area contributed by atoms with Crippen LogP contribution in [0.2, 0.25) is 15.1 Å². The summed E-state index contributed by atoms with van der Waals surface area (Å²) in [6.45, 7) is 1.76. The number of aliphatic hydroxyl groups excluding tert-OH is 1. The summed E-state index contributed by atoms with van der Waals surface area (Å²) >= 11 is 18.4. The topological polar surface area (TPSA) is 80.0 Å². The summed E-state index contributed by atoms with van der Waals surface area (Å²) in [5.74, 6) is -1.81. The van der Waals surface area contributed by atoms with E-state index in [1.807, 2.05) is 0 Å². The molecule has 0 bridgehead atoms. The summed E-state index contributed by atoms with van der Waals surface area (Å²) in [7, 11) is 1.37. The van der Waals surface area contributed by atoms with Crippen LogP contribution in [0.4, 0.5) is 5.69 Å². The van der Waals surface area contributed by atoms with Crippen LogP contribution in [0.3, 0.4) is 0 Å². The molecule has 1 unspecified atom stereocenters. The van der Waals surface area contributed by atoms with Gasteiger partial charge >= 0.3 is 0 Å². The van der Waals surface area contributed by atoms with Gasteiger partial charge in [0.25, 0.3) is 11.7 Å². The van der Waals surface area contributed by atoms with Gasteiger partial charge in [0.05, 0.1) is 29.5 Å². The number of carbonyl (C=O) groups excluding carboxylic acids is 2. The molecular weight excluding hydrogens is 477 g/mol. The second kappa shape index (κ2) is 8.54. The number of ether oxygens (including phenoxy) is 1. The molecule has 1 atom stereocenters. The van der Waals surface area contributed by atoms with E-state index in [0.29, 0.717) is 16.3 Å².